The summed E-state index contributed by atoms with van der Waals surface area (Å²) in [4.78, 5) is 31.3. The molecule has 1 aliphatic rings. The Kier molecular flexibility index (Phi) is 7.29. The van der Waals surface area contributed by atoms with Crippen LogP contribution in [0.3, 0.4) is 0 Å². The number of H-pyrrole nitrogens is 1. The highest BCUT2D eigenvalue weighted by Gasteiger charge is 2.27. The van der Waals surface area contributed by atoms with Crippen LogP contribution < -0.4 is 10.3 Å². The molecule has 8 heteroatoms. The number of ether oxygens (including phenoxy) is 1. The van der Waals surface area contributed by atoms with Gasteiger partial charge in [0, 0.05) is 38.3 Å². The van der Waals surface area contributed by atoms with Gasteiger partial charge in [0.1, 0.15) is 23.4 Å². The first-order valence-corrected chi connectivity index (χ1v) is 10.6. The Balaban J connectivity index is 1.59. The Hall–Kier alpha value is -3.62. The van der Waals surface area contributed by atoms with Gasteiger partial charge in [-0.15, -0.1) is 0 Å². The van der Waals surface area contributed by atoms with E-state index in [1.165, 1.54) is 0 Å². The number of aromatic amines is 1. The van der Waals surface area contributed by atoms with Crippen LogP contribution in [0.2, 0.25) is 0 Å². The fourth-order valence-corrected chi connectivity index (χ4v) is 4.19. The van der Waals surface area contributed by atoms with Crippen LogP contribution in [0.15, 0.2) is 29.1 Å². The van der Waals surface area contributed by atoms with E-state index in [-0.39, 0.29) is 17.5 Å². The van der Waals surface area contributed by atoms with Gasteiger partial charge in [-0.2, -0.15) is 10.5 Å². The van der Waals surface area contributed by atoms with E-state index in [0.717, 1.165) is 16.9 Å². The monoisotopic (exact) mass is 433 g/mol. The van der Waals surface area contributed by atoms with Gasteiger partial charge >= 0.3 is 0 Å². The lowest BCUT2D eigenvalue weighted by atomic mass is 9.98. The molecule has 1 amide bonds. The molecule has 2 heterocycles. The van der Waals surface area contributed by atoms with E-state index in [4.69, 9.17) is 4.74 Å². The van der Waals surface area contributed by atoms with Gasteiger partial charge in [0.2, 0.25) is 5.91 Å². The van der Waals surface area contributed by atoms with Crippen LogP contribution in [0, 0.1) is 36.5 Å². The lowest BCUT2D eigenvalue weighted by Crippen LogP contribution is -2.49. The van der Waals surface area contributed by atoms with E-state index in [1.807, 2.05) is 35.2 Å². The third-order valence-electron chi connectivity index (χ3n) is 6.10. The number of rotatable bonds is 6. The Morgan fingerprint density at radius 1 is 1.16 bits per heavy atom. The maximum Gasteiger partial charge on any atom is 0.266 e. The minimum absolute atomic E-state index is 0.0334. The summed E-state index contributed by atoms with van der Waals surface area (Å²) in [7, 11) is 1.61. The number of pyridine rings is 1. The largest absolute Gasteiger partial charge is 0.497 e. The first kappa shape index (κ1) is 23.1. The van der Waals surface area contributed by atoms with Crippen molar-refractivity contribution in [3.8, 4) is 17.9 Å². The van der Waals surface area contributed by atoms with Crippen LogP contribution in [0.5, 0.6) is 5.75 Å². The van der Waals surface area contributed by atoms with Crippen molar-refractivity contribution in [2.75, 3.05) is 33.3 Å². The quantitative estimate of drug-likeness (QED) is 0.747. The fourth-order valence-electron chi connectivity index (χ4n) is 4.19. The maximum absolute atomic E-state index is 12.8. The van der Waals surface area contributed by atoms with Crippen molar-refractivity contribution in [1.29, 1.82) is 10.5 Å². The summed E-state index contributed by atoms with van der Waals surface area (Å²) in [5, 5.41) is 18.9. The number of carbonyl (C=O) groups is 1. The van der Waals surface area contributed by atoms with Crippen LogP contribution in [0.1, 0.15) is 40.4 Å². The molecule has 8 nitrogen and oxygen atoms in total. The molecule has 0 radical (unpaired) electrons. The van der Waals surface area contributed by atoms with E-state index in [1.54, 1.807) is 21.0 Å². The average molecular weight is 434 g/mol. The smallest absolute Gasteiger partial charge is 0.266 e. The van der Waals surface area contributed by atoms with E-state index in [0.29, 0.717) is 50.3 Å². The predicted molar refractivity (Wildman–Crippen MR) is 119 cm³/mol. The van der Waals surface area contributed by atoms with Gasteiger partial charge in [0.05, 0.1) is 13.2 Å². The second-order valence-electron chi connectivity index (χ2n) is 7.89. The Bertz CT molecular complexity index is 1120. The highest BCUT2D eigenvalue weighted by molar-refractivity contribution is 5.76. The van der Waals surface area contributed by atoms with Crippen molar-refractivity contribution in [1.82, 2.24) is 14.8 Å². The van der Waals surface area contributed by atoms with E-state index < -0.39 is 5.56 Å². The van der Waals surface area contributed by atoms with Gasteiger partial charge < -0.3 is 14.6 Å². The normalized spacial score (nSPS) is 15.0. The number of hydrogen-bond donors (Lipinski definition) is 1. The summed E-state index contributed by atoms with van der Waals surface area (Å²) >= 11 is 0. The van der Waals surface area contributed by atoms with Crippen molar-refractivity contribution in [2.45, 2.75) is 32.7 Å². The molecule has 1 aliphatic heterocycles. The van der Waals surface area contributed by atoms with Crippen molar-refractivity contribution in [2.24, 2.45) is 0 Å². The second kappa shape index (κ2) is 10.1. The van der Waals surface area contributed by atoms with Gasteiger partial charge in [-0.1, -0.05) is 12.1 Å². The minimum Gasteiger partial charge on any atom is -0.497 e. The molecule has 1 atom stereocenters. The summed E-state index contributed by atoms with van der Waals surface area (Å²) in [6, 6.07) is 11.4. The number of hydrogen-bond acceptors (Lipinski definition) is 6. The first-order valence-electron chi connectivity index (χ1n) is 10.6. The molecule has 1 aromatic carbocycles. The van der Waals surface area contributed by atoms with E-state index in [2.05, 4.69) is 16.0 Å². The molecule has 0 aliphatic carbocycles. The first-order chi connectivity index (χ1) is 15.4. The number of benzene rings is 1. The number of piperazine rings is 1. The molecule has 0 bridgehead atoms. The zero-order valence-corrected chi connectivity index (χ0v) is 18.6. The summed E-state index contributed by atoms with van der Waals surface area (Å²) in [6.07, 6.45) is 0.771. The molecule has 2 aromatic rings. The number of carbonyl (C=O) groups excluding carboxylic acids is 1. The molecule has 1 fully saturated rings. The fraction of sp³-hybridized carbons (Fsp3) is 0.417. The number of aryl methyl sites for hydroxylation is 1. The van der Waals surface area contributed by atoms with Crippen LogP contribution in [-0.2, 0) is 11.2 Å². The summed E-state index contributed by atoms with van der Waals surface area (Å²) in [5.41, 5.74) is 2.80. The molecule has 1 N–H and O–H groups in total. The van der Waals surface area contributed by atoms with Crippen molar-refractivity contribution in [3.05, 3.63) is 62.6 Å². The number of amides is 1. The molecular formula is C24H27N5O3. The molecule has 1 unspecified atom stereocenters. The second-order valence-corrected chi connectivity index (χ2v) is 7.89. The van der Waals surface area contributed by atoms with Crippen LogP contribution >= 0.6 is 0 Å². The maximum atomic E-state index is 12.8. The van der Waals surface area contributed by atoms with E-state index >= 15 is 0 Å². The number of nitrogens with one attached hydrogen (secondary N) is 1. The lowest BCUT2D eigenvalue weighted by Gasteiger charge is -2.37. The van der Waals surface area contributed by atoms with Gasteiger partial charge in [0.15, 0.2) is 0 Å². The SMILES string of the molecule is COc1ccc(C(C#N)N2CCN(C(=O)CCc3c(C)[nH]c(=O)c(C#N)c3C)CC2)cc1. The predicted octanol–water partition coefficient (Wildman–Crippen LogP) is 2.21. The third-order valence-corrected chi connectivity index (χ3v) is 6.10. The summed E-state index contributed by atoms with van der Waals surface area (Å²) in [6.45, 7) is 5.88. The molecular weight excluding hydrogens is 406 g/mol. The summed E-state index contributed by atoms with van der Waals surface area (Å²) in [5.74, 6) is 0.779. The Morgan fingerprint density at radius 2 is 1.81 bits per heavy atom. The Morgan fingerprint density at radius 3 is 2.38 bits per heavy atom. The molecule has 1 aromatic heterocycles. The number of aromatic nitrogens is 1. The molecule has 0 spiro atoms. The zero-order valence-electron chi connectivity index (χ0n) is 18.6. The topological polar surface area (TPSA) is 113 Å². The van der Waals surface area contributed by atoms with Gasteiger partial charge in [-0.25, -0.2) is 0 Å². The number of nitriles is 2. The van der Waals surface area contributed by atoms with Crippen molar-refractivity contribution >= 4 is 5.91 Å². The molecule has 166 valence electrons. The Labute approximate surface area is 187 Å². The zero-order chi connectivity index (χ0) is 23.3. The third kappa shape index (κ3) is 4.82. The van der Waals surface area contributed by atoms with Crippen LogP contribution in [-0.4, -0.2) is 54.0 Å². The molecule has 3 rings (SSSR count). The molecule has 1 saturated heterocycles. The van der Waals surface area contributed by atoms with Crippen molar-refractivity contribution in [3.63, 3.8) is 0 Å². The minimum atomic E-state index is -0.391. The molecule has 0 saturated carbocycles. The number of nitrogens with zero attached hydrogens (tertiary/aromatic N) is 4. The summed E-state index contributed by atoms with van der Waals surface area (Å²) < 4.78 is 5.18. The van der Waals surface area contributed by atoms with Crippen molar-refractivity contribution < 1.29 is 9.53 Å². The lowest BCUT2D eigenvalue weighted by molar-refractivity contribution is -0.133. The van der Waals surface area contributed by atoms with Crippen LogP contribution in [0.25, 0.3) is 0 Å². The highest BCUT2D eigenvalue weighted by atomic mass is 16.5. The van der Waals surface area contributed by atoms with E-state index in [9.17, 15) is 20.1 Å². The average Bonchev–Trinajstić information content (AvgIpc) is 2.80. The van der Waals surface area contributed by atoms with Crippen LogP contribution in [0.4, 0.5) is 0 Å². The molecule has 32 heavy (non-hydrogen) atoms. The van der Waals surface area contributed by atoms with Gasteiger partial charge in [-0.3, -0.25) is 14.5 Å². The van der Waals surface area contributed by atoms with Gasteiger partial charge in [0.25, 0.3) is 5.56 Å². The highest BCUT2D eigenvalue weighted by Crippen LogP contribution is 2.24. The van der Waals surface area contributed by atoms with Gasteiger partial charge in [-0.05, 0) is 49.1 Å². The standard InChI is InChI=1S/C24H27N5O3/c1-16-20(17(2)27-24(31)21(16)14-25)8-9-23(30)29-12-10-28(11-13-29)22(15-26)18-4-6-19(32-3)7-5-18/h4-7,22H,8-13H2,1-3H3,(H,27,31). The number of methoxy groups -OCH3 is 1.